The van der Waals surface area contributed by atoms with Crippen molar-refractivity contribution >= 4 is 11.8 Å². The predicted octanol–water partition coefficient (Wildman–Crippen LogP) is 2.42. The van der Waals surface area contributed by atoms with Gasteiger partial charge in [-0.15, -0.1) is 0 Å². The van der Waals surface area contributed by atoms with Crippen LogP contribution in [-0.2, 0) is 4.79 Å². The summed E-state index contributed by atoms with van der Waals surface area (Å²) in [6.07, 6.45) is 3.71. The number of carbonyl (C=O) groups is 1. The van der Waals surface area contributed by atoms with Gasteiger partial charge in [0.1, 0.15) is 5.82 Å². The highest BCUT2D eigenvalue weighted by molar-refractivity contribution is 5.74. The lowest BCUT2D eigenvalue weighted by atomic mass is 9.74. The first-order valence-corrected chi connectivity index (χ1v) is 7.11. The molecule has 1 aromatic rings. The lowest BCUT2D eigenvalue weighted by Gasteiger charge is -2.40. The summed E-state index contributed by atoms with van der Waals surface area (Å²) in [7, 11) is 0. The van der Waals surface area contributed by atoms with E-state index in [2.05, 4.69) is 14.9 Å². The van der Waals surface area contributed by atoms with Gasteiger partial charge >= 0.3 is 5.97 Å². The average Bonchev–Trinajstić information content (AvgIpc) is 2.41. The molecule has 20 heavy (non-hydrogen) atoms. The van der Waals surface area contributed by atoms with Crippen LogP contribution in [0.15, 0.2) is 6.20 Å². The molecular formula is C15H23N3O2. The molecule has 110 valence electrons. The van der Waals surface area contributed by atoms with Crippen molar-refractivity contribution in [3.63, 3.8) is 0 Å². The molecule has 1 N–H and O–H groups in total. The van der Waals surface area contributed by atoms with E-state index in [4.69, 9.17) is 0 Å². The van der Waals surface area contributed by atoms with E-state index in [0.29, 0.717) is 0 Å². The molecular weight excluding hydrogens is 254 g/mol. The summed E-state index contributed by atoms with van der Waals surface area (Å²) in [5.41, 5.74) is 1.10. The summed E-state index contributed by atoms with van der Waals surface area (Å²) in [5.74, 6) is 0.308. The topological polar surface area (TPSA) is 66.3 Å². The van der Waals surface area contributed by atoms with Crippen LogP contribution in [0.5, 0.6) is 0 Å². The number of nitrogens with zero attached hydrogens (tertiary/aromatic N) is 3. The number of aryl methyl sites for hydroxylation is 2. The normalized spacial score (nSPS) is 20.0. The molecule has 1 aliphatic rings. The second kappa shape index (κ2) is 5.38. The van der Waals surface area contributed by atoms with Crippen LogP contribution in [0.4, 0.5) is 5.82 Å². The maximum atomic E-state index is 11.4. The number of piperidine rings is 1. The van der Waals surface area contributed by atoms with E-state index < -0.39 is 11.4 Å². The number of hydrogen-bond acceptors (Lipinski definition) is 4. The van der Waals surface area contributed by atoms with Crippen molar-refractivity contribution in [1.82, 2.24) is 9.97 Å². The van der Waals surface area contributed by atoms with Crippen LogP contribution in [0.1, 0.15) is 38.1 Å². The summed E-state index contributed by atoms with van der Waals surface area (Å²) in [5, 5.41) is 9.40. The molecule has 0 amide bonds. The monoisotopic (exact) mass is 277 g/mol. The van der Waals surface area contributed by atoms with Crippen LogP contribution in [-0.4, -0.2) is 34.1 Å². The number of anilines is 1. The highest BCUT2D eigenvalue weighted by Crippen LogP contribution is 2.35. The third-order valence-corrected chi connectivity index (χ3v) is 4.34. The van der Waals surface area contributed by atoms with Gasteiger partial charge in [0, 0.05) is 19.3 Å². The Morgan fingerprint density at radius 3 is 2.80 bits per heavy atom. The SMILES string of the molecule is Cc1cnc(C)c(N2CCCC(C(C)(C)C(=O)O)C2)n1. The average molecular weight is 277 g/mol. The van der Waals surface area contributed by atoms with Gasteiger partial charge in [0.05, 0.1) is 16.8 Å². The van der Waals surface area contributed by atoms with Gasteiger partial charge in [-0.2, -0.15) is 0 Å². The van der Waals surface area contributed by atoms with E-state index in [1.54, 1.807) is 6.20 Å². The zero-order chi connectivity index (χ0) is 14.9. The Morgan fingerprint density at radius 1 is 1.45 bits per heavy atom. The van der Waals surface area contributed by atoms with Crippen molar-refractivity contribution < 1.29 is 9.90 Å². The Labute approximate surface area is 120 Å². The molecule has 0 saturated carbocycles. The fraction of sp³-hybridized carbons (Fsp3) is 0.667. The molecule has 5 nitrogen and oxygen atoms in total. The molecule has 0 aliphatic carbocycles. The van der Waals surface area contributed by atoms with Crippen molar-refractivity contribution in [2.24, 2.45) is 11.3 Å². The summed E-state index contributed by atoms with van der Waals surface area (Å²) in [6.45, 7) is 9.17. The Hall–Kier alpha value is -1.65. The van der Waals surface area contributed by atoms with Crippen LogP contribution in [0.3, 0.4) is 0 Å². The zero-order valence-electron chi connectivity index (χ0n) is 12.7. The summed E-state index contributed by atoms with van der Waals surface area (Å²) < 4.78 is 0. The lowest BCUT2D eigenvalue weighted by molar-refractivity contribution is -0.150. The Kier molecular flexibility index (Phi) is 3.97. The summed E-state index contributed by atoms with van der Waals surface area (Å²) in [6, 6.07) is 0. The number of hydrogen-bond donors (Lipinski definition) is 1. The minimum atomic E-state index is -0.726. The van der Waals surface area contributed by atoms with Gasteiger partial charge in [0.15, 0.2) is 0 Å². The second-order valence-electron chi connectivity index (χ2n) is 6.23. The molecule has 0 spiro atoms. The van der Waals surface area contributed by atoms with Crippen LogP contribution in [0, 0.1) is 25.2 Å². The predicted molar refractivity (Wildman–Crippen MR) is 77.9 cm³/mol. The number of carboxylic acid groups (broad SMARTS) is 1. The Morgan fingerprint density at radius 2 is 2.15 bits per heavy atom. The van der Waals surface area contributed by atoms with E-state index in [0.717, 1.165) is 43.1 Å². The Balaban J connectivity index is 2.23. The maximum Gasteiger partial charge on any atom is 0.309 e. The van der Waals surface area contributed by atoms with Gasteiger partial charge < -0.3 is 10.0 Å². The molecule has 0 bridgehead atoms. The minimum Gasteiger partial charge on any atom is -0.481 e. The van der Waals surface area contributed by atoms with Crippen molar-refractivity contribution in [3.05, 3.63) is 17.6 Å². The summed E-state index contributed by atoms with van der Waals surface area (Å²) >= 11 is 0. The van der Waals surface area contributed by atoms with E-state index >= 15 is 0 Å². The second-order valence-corrected chi connectivity index (χ2v) is 6.23. The number of aliphatic carboxylic acids is 1. The molecule has 1 saturated heterocycles. The number of aromatic nitrogens is 2. The molecule has 5 heteroatoms. The van der Waals surface area contributed by atoms with Gasteiger partial charge in [0.25, 0.3) is 0 Å². The number of rotatable bonds is 3. The standard InChI is InChI=1S/C15H23N3O2/c1-10-8-16-11(2)13(17-10)18-7-5-6-12(9-18)15(3,4)14(19)20/h8,12H,5-7,9H2,1-4H3,(H,19,20). The molecule has 2 heterocycles. The lowest BCUT2D eigenvalue weighted by Crippen LogP contribution is -2.45. The molecule has 1 atom stereocenters. The first-order valence-electron chi connectivity index (χ1n) is 7.11. The van der Waals surface area contributed by atoms with Gasteiger partial charge in [-0.3, -0.25) is 9.78 Å². The van der Waals surface area contributed by atoms with Gasteiger partial charge in [-0.25, -0.2) is 4.98 Å². The summed E-state index contributed by atoms with van der Waals surface area (Å²) in [4.78, 5) is 22.6. The minimum absolute atomic E-state index is 0.135. The third-order valence-electron chi connectivity index (χ3n) is 4.34. The first-order chi connectivity index (χ1) is 9.32. The van der Waals surface area contributed by atoms with Crippen LogP contribution in [0.2, 0.25) is 0 Å². The number of carboxylic acids is 1. The highest BCUT2D eigenvalue weighted by Gasteiger charge is 2.39. The van der Waals surface area contributed by atoms with Crippen LogP contribution >= 0.6 is 0 Å². The molecule has 1 aromatic heterocycles. The quantitative estimate of drug-likeness (QED) is 0.919. The van der Waals surface area contributed by atoms with E-state index in [1.165, 1.54) is 0 Å². The van der Waals surface area contributed by atoms with Crippen molar-refractivity contribution in [1.29, 1.82) is 0 Å². The highest BCUT2D eigenvalue weighted by atomic mass is 16.4. The zero-order valence-corrected chi connectivity index (χ0v) is 12.7. The fourth-order valence-electron chi connectivity index (χ4n) is 2.76. The van der Waals surface area contributed by atoms with Crippen LogP contribution < -0.4 is 4.90 Å². The third kappa shape index (κ3) is 2.76. The van der Waals surface area contributed by atoms with Gasteiger partial charge in [-0.1, -0.05) is 0 Å². The molecule has 0 aromatic carbocycles. The van der Waals surface area contributed by atoms with E-state index in [-0.39, 0.29) is 5.92 Å². The molecule has 1 unspecified atom stereocenters. The maximum absolute atomic E-state index is 11.4. The molecule has 0 radical (unpaired) electrons. The molecule has 2 rings (SSSR count). The van der Waals surface area contributed by atoms with E-state index in [1.807, 2.05) is 27.7 Å². The Bertz CT molecular complexity index is 514. The first kappa shape index (κ1) is 14.8. The largest absolute Gasteiger partial charge is 0.481 e. The smallest absolute Gasteiger partial charge is 0.309 e. The van der Waals surface area contributed by atoms with Crippen molar-refractivity contribution in [2.45, 2.75) is 40.5 Å². The fourth-order valence-corrected chi connectivity index (χ4v) is 2.76. The van der Waals surface area contributed by atoms with Crippen molar-refractivity contribution in [3.8, 4) is 0 Å². The van der Waals surface area contributed by atoms with E-state index in [9.17, 15) is 9.90 Å². The van der Waals surface area contributed by atoms with Gasteiger partial charge in [-0.05, 0) is 46.5 Å². The van der Waals surface area contributed by atoms with Crippen LogP contribution in [0.25, 0.3) is 0 Å². The molecule has 1 fully saturated rings. The van der Waals surface area contributed by atoms with Gasteiger partial charge in [0.2, 0.25) is 0 Å². The van der Waals surface area contributed by atoms with Crippen molar-refractivity contribution in [2.75, 3.05) is 18.0 Å². The molecule has 1 aliphatic heterocycles.